The maximum Gasteiger partial charge on any atom is 0.326 e. The Labute approximate surface area is 122 Å². The van der Waals surface area contributed by atoms with Crippen molar-refractivity contribution in [2.24, 2.45) is 0 Å². The predicted molar refractivity (Wildman–Crippen MR) is 87.3 cm³/mol. The Bertz CT molecular complexity index is 539. The van der Waals surface area contributed by atoms with Crippen molar-refractivity contribution >= 4 is 11.0 Å². The second-order valence-corrected chi connectivity index (χ2v) is 5.22. The molecule has 112 valence electrons. The number of aromatic nitrogens is 2. The molecule has 3 heteroatoms. The van der Waals surface area contributed by atoms with Crippen molar-refractivity contribution in [2.45, 2.75) is 65.8 Å². The molecular formula is C17H28N2O. The van der Waals surface area contributed by atoms with Crippen LogP contribution in [0.15, 0.2) is 29.1 Å². The minimum atomic E-state index is 0.0155. The highest BCUT2D eigenvalue weighted by atomic mass is 16.1. The fraction of sp³-hybridized carbons (Fsp3) is 0.588. The fourth-order valence-corrected chi connectivity index (χ4v) is 2.20. The first-order valence-electron chi connectivity index (χ1n) is 7.92. The molecule has 1 aromatic carbocycles. The van der Waals surface area contributed by atoms with E-state index in [0.717, 1.165) is 24.0 Å². The minimum Gasteiger partial charge on any atom is -0.306 e. The molecule has 3 nitrogen and oxygen atoms in total. The average molecular weight is 276 g/mol. The van der Waals surface area contributed by atoms with Crippen molar-refractivity contribution < 1.29 is 0 Å². The van der Waals surface area contributed by atoms with Gasteiger partial charge >= 0.3 is 5.69 Å². The molecule has 2 rings (SSSR count). The number of aromatic amines is 1. The second kappa shape index (κ2) is 9.40. The summed E-state index contributed by atoms with van der Waals surface area (Å²) >= 11 is 0. The fourth-order valence-electron chi connectivity index (χ4n) is 2.20. The summed E-state index contributed by atoms with van der Waals surface area (Å²) in [4.78, 5) is 14.7. The zero-order valence-electron chi connectivity index (χ0n) is 13.1. The molecular weight excluding hydrogens is 248 g/mol. The van der Waals surface area contributed by atoms with Gasteiger partial charge < -0.3 is 4.98 Å². The summed E-state index contributed by atoms with van der Waals surface area (Å²) in [6.07, 6.45) is 7.37. The maximum absolute atomic E-state index is 11.8. The molecule has 0 amide bonds. The van der Waals surface area contributed by atoms with Crippen molar-refractivity contribution in [1.29, 1.82) is 0 Å². The molecule has 0 aliphatic heterocycles. The first-order valence-corrected chi connectivity index (χ1v) is 7.92. The summed E-state index contributed by atoms with van der Waals surface area (Å²) in [5.74, 6) is 0. The number of nitrogens with one attached hydrogen (secondary N) is 1. The van der Waals surface area contributed by atoms with Crippen LogP contribution in [0.25, 0.3) is 11.0 Å². The van der Waals surface area contributed by atoms with E-state index in [1.807, 2.05) is 28.8 Å². The van der Waals surface area contributed by atoms with Crippen LogP contribution in [0.4, 0.5) is 0 Å². The lowest BCUT2D eigenvalue weighted by Crippen LogP contribution is -2.16. The van der Waals surface area contributed by atoms with E-state index in [4.69, 9.17) is 0 Å². The Hall–Kier alpha value is -1.51. The van der Waals surface area contributed by atoms with Crippen molar-refractivity contribution in [3.63, 3.8) is 0 Å². The zero-order valence-corrected chi connectivity index (χ0v) is 13.1. The third-order valence-electron chi connectivity index (χ3n) is 3.17. The number of imidazole rings is 1. The summed E-state index contributed by atoms with van der Waals surface area (Å²) in [7, 11) is 0. The van der Waals surface area contributed by atoms with Crippen LogP contribution in [-0.2, 0) is 6.54 Å². The van der Waals surface area contributed by atoms with Crippen molar-refractivity contribution in [2.75, 3.05) is 0 Å². The normalized spacial score (nSPS) is 10.3. The van der Waals surface area contributed by atoms with Crippen LogP contribution in [0, 0.1) is 0 Å². The average Bonchev–Trinajstić information content (AvgIpc) is 2.76. The van der Waals surface area contributed by atoms with Gasteiger partial charge in [-0.2, -0.15) is 0 Å². The SMILES string of the molecule is CCC.CCCCCCCn1c(=O)[nH]c2ccccc21. The van der Waals surface area contributed by atoms with Gasteiger partial charge in [-0.15, -0.1) is 0 Å². The van der Waals surface area contributed by atoms with Gasteiger partial charge in [0.1, 0.15) is 0 Å². The monoisotopic (exact) mass is 276 g/mol. The van der Waals surface area contributed by atoms with E-state index in [1.54, 1.807) is 0 Å². The number of H-pyrrole nitrogens is 1. The van der Waals surface area contributed by atoms with E-state index < -0.39 is 0 Å². The highest BCUT2D eigenvalue weighted by molar-refractivity contribution is 5.74. The summed E-state index contributed by atoms with van der Waals surface area (Å²) in [6.45, 7) is 7.29. The molecule has 0 aliphatic carbocycles. The van der Waals surface area contributed by atoms with Gasteiger partial charge in [-0.05, 0) is 18.6 Å². The number of aryl methyl sites for hydroxylation is 1. The highest BCUT2D eigenvalue weighted by Gasteiger charge is 2.04. The molecule has 0 bridgehead atoms. The largest absolute Gasteiger partial charge is 0.326 e. The smallest absolute Gasteiger partial charge is 0.306 e. The summed E-state index contributed by atoms with van der Waals surface area (Å²) < 4.78 is 1.85. The molecule has 20 heavy (non-hydrogen) atoms. The minimum absolute atomic E-state index is 0.0155. The number of benzene rings is 1. The lowest BCUT2D eigenvalue weighted by Gasteiger charge is -2.03. The lowest BCUT2D eigenvalue weighted by atomic mass is 10.1. The molecule has 0 atom stereocenters. The van der Waals surface area contributed by atoms with Gasteiger partial charge in [0.15, 0.2) is 0 Å². The molecule has 0 saturated heterocycles. The number of hydrogen-bond donors (Lipinski definition) is 1. The molecule has 1 aromatic heterocycles. The topological polar surface area (TPSA) is 37.8 Å². The number of nitrogens with zero attached hydrogens (tertiary/aromatic N) is 1. The van der Waals surface area contributed by atoms with Crippen molar-refractivity contribution in [1.82, 2.24) is 9.55 Å². The first kappa shape index (κ1) is 16.5. The molecule has 2 aromatic rings. The van der Waals surface area contributed by atoms with Crippen LogP contribution in [-0.4, -0.2) is 9.55 Å². The Morgan fingerprint density at radius 3 is 2.35 bits per heavy atom. The van der Waals surface area contributed by atoms with Crippen LogP contribution < -0.4 is 5.69 Å². The van der Waals surface area contributed by atoms with Gasteiger partial charge in [-0.3, -0.25) is 4.57 Å². The highest BCUT2D eigenvalue weighted by Crippen LogP contribution is 2.10. The molecule has 0 saturated carbocycles. The molecule has 0 radical (unpaired) electrons. The number of para-hydroxylation sites is 2. The van der Waals surface area contributed by atoms with Gasteiger partial charge in [-0.25, -0.2) is 4.79 Å². The van der Waals surface area contributed by atoms with Gasteiger partial charge in [0, 0.05) is 6.54 Å². The molecule has 1 heterocycles. The molecule has 0 spiro atoms. The van der Waals surface area contributed by atoms with Crippen molar-refractivity contribution in [3.8, 4) is 0 Å². The first-order chi connectivity index (χ1) is 9.74. The van der Waals surface area contributed by atoms with Gasteiger partial charge in [-0.1, -0.05) is 65.0 Å². The van der Waals surface area contributed by atoms with E-state index >= 15 is 0 Å². The Morgan fingerprint density at radius 1 is 1.00 bits per heavy atom. The third-order valence-corrected chi connectivity index (χ3v) is 3.17. The summed E-state index contributed by atoms with van der Waals surface area (Å²) in [5.41, 5.74) is 1.97. The molecule has 1 N–H and O–H groups in total. The third kappa shape index (κ3) is 4.87. The van der Waals surface area contributed by atoms with E-state index in [-0.39, 0.29) is 5.69 Å². The lowest BCUT2D eigenvalue weighted by molar-refractivity contribution is 0.567. The van der Waals surface area contributed by atoms with Crippen LogP contribution in [0.5, 0.6) is 0 Å². The van der Waals surface area contributed by atoms with E-state index in [9.17, 15) is 4.79 Å². The standard InChI is InChI=1S/C14H20N2O.C3H8/c1-2-3-4-5-8-11-16-13-10-7-6-9-12(13)15-14(16)17;1-3-2/h6-7,9-10H,2-5,8,11H2,1H3,(H,15,17);3H2,1-2H3. The van der Waals surface area contributed by atoms with Gasteiger partial charge in [0.05, 0.1) is 11.0 Å². The zero-order chi connectivity index (χ0) is 14.8. The van der Waals surface area contributed by atoms with Crippen LogP contribution in [0.1, 0.15) is 59.3 Å². The quantitative estimate of drug-likeness (QED) is 0.762. The number of unbranched alkanes of at least 4 members (excludes halogenated alkanes) is 4. The number of rotatable bonds is 6. The summed E-state index contributed by atoms with van der Waals surface area (Å²) in [6, 6.07) is 7.87. The number of fused-ring (bicyclic) bond motifs is 1. The van der Waals surface area contributed by atoms with Crippen LogP contribution in [0.2, 0.25) is 0 Å². The van der Waals surface area contributed by atoms with Gasteiger partial charge in [0.2, 0.25) is 0 Å². The van der Waals surface area contributed by atoms with Crippen LogP contribution in [0.3, 0.4) is 0 Å². The Morgan fingerprint density at radius 2 is 1.65 bits per heavy atom. The van der Waals surface area contributed by atoms with Crippen molar-refractivity contribution in [3.05, 3.63) is 34.7 Å². The predicted octanol–water partition coefficient (Wildman–Crippen LogP) is 4.72. The Balaban J connectivity index is 0.000000612. The van der Waals surface area contributed by atoms with E-state index in [1.165, 1.54) is 32.1 Å². The maximum atomic E-state index is 11.8. The van der Waals surface area contributed by atoms with E-state index in [0.29, 0.717) is 0 Å². The molecule has 0 unspecified atom stereocenters. The summed E-state index contributed by atoms with van der Waals surface area (Å²) in [5, 5.41) is 0. The van der Waals surface area contributed by atoms with E-state index in [2.05, 4.69) is 25.8 Å². The number of hydrogen-bond acceptors (Lipinski definition) is 1. The molecule has 0 aliphatic rings. The Kier molecular flexibility index (Phi) is 7.78. The molecule has 0 fully saturated rings. The second-order valence-electron chi connectivity index (χ2n) is 5.22. The van der Waals surface area contributed by atoms with Crippen LogP contribution >= 0.6 is 0 Å². The van der Waals surface area contributed by atoms with Gasteiger partial charge in [0.25, 0.3) is 0 Å².